The lowest BCUT2D eigenvalue weighted by Gasteiger charge is -2.32. The second-order valence-electron chi connectivity index (χ2n) is 6.26. The zero-order valence-corrected chi connectivity index (χ0v) is 15.7. The van der Waals surface area contributed by atoms with Gasteiger partial charge in [-0.05, 0) is 23.8 Å². The van der Waals surface area contributed by atoms with E-state index in [1.807, 2.05) is 18.2 Å². The molecule has 7 heteroatoms. The molecule has 1 atom stereocenters. The zero-order chi connectivity index (χ0) is 19.2. The fourth-order valence-electron chi connectivity index (χ4n) is 2.93. The number of benzene rings is 2. The van der Waals surface area contributed by atoms with Crippen LogP contribution in [0.25, 0.3) is 0 Å². The van der Waals surface area contributed by atoms with Crippen LogP contribution in [0, 0.1) is 0 Å². The average Bonchev–Trinajstić information content (AvgIpc) is 2.70. The molecule has 1 amide bonds. The van der Waals surface area contributed by atoms with Crippen LogP contribution in [-0.4, -0.2) is 49.7 Å². The molecule has 0 radical (unpaired) electrons. The molecule has 1 heterocycles. The number of amides is 1. The highest BCUT2D eigenvalue weighted by molar-refractivity contribution is 6.33. The fraction of sp³-hybridized carbons (Fsp3) is 0.300. The lowest BCUT2D eigenvalue weighted by atomic mass is 10.1. The molecular formula is C20H21ClN2O4. The number of carbonyl (C=O) groups excluding carboxylic acids is 2. The summed E-state index contributed by atoms with van der Waals surface area (Å²) >= 11 is 6.15. The van der Waals surface area contributed by atoms with E-state index in [1.165, 1.54) is 18.7 Å². The summed E-state index contributed by atoms with van der Waals surface area (Å²) in [5.74, 6) is -0.790. The van der Waals surface area contributed by atoms with Gasteiger partial charge in [-0.15, -0.1) is 0 Å². The van der Waals surface area contributed by atoms with Crippen LogP contribution in [0.5, 0.6) is 0 Å². The Balaban J connectivity index is 1.64. The van der Waals surface area contributed by atoms with Crippen molar-refractivity contribution in [2.24, 2.45) is 0 Å². The van der Waals surface area contributed by atoms with Gasteiger partial charge in [0.15, 0.2) is 0 Å². The number of esters is 1. The van der Waals surface area contributed by atoms with Gasteiger partial charge in [-0.25, -0.2) is 4.79 Å². The predicted molar refractivity (Wildman–Crippen MR) is 103 cm³/mol. The highest BCUT2D eigenvalue weighted by atomic mass is 35.5. The number of anilines is 1. The summed E-state index contributed by atoms with van der Waals surface area (Å²) in [7, 11) is 1.30. The second kappa shape index (κ2) is 8.99. The minimum atomic E-state index is -0.611. The minimum absolute atomic E-state index is 0.295. The molecule has 1 fully saturated rings. The van der Waals surface area contributed by atoms with E-state index in [2.05, 4.69) is 22.3 Å². The first kappa shape index (κ1) is 19.4. The highest BCUT2D eigenvalue weighted by Gasteiger charge is 2.27. The smallest absolute Gasteiger partial charge is 0.337 e. The standard InChI is InChI=1S/C20H21ClN2O4/c1-26-20(25)15-7-8-16(21)17(11-15)22-19(24)18-13-23(9-10-27-18)12-14-5-3-2-4-6-14/h2-8,11,18H,9-10,12-13H2,1H3,(H,22,24)/t18-/m1/s1. The third-order valence-corrected chi connectivity index (χ3v) is 4.67. The predicted octanol–water partition coefficient (Wildman–Crippen LogP) is 2.97. The number of methoxy groups -OCH3 is 1. The molecule has 1 N–H and O–H groups in total. The molecule has 2 aromatic carbocycles. The van der Waals surface area contributed by atoms with E-state index in [0.717, 1.165) is 13.1 Å². The molecule has 1 aliphatic heterocycles. The van der Waals surface area contributed by atoms with Gasteiger partial charge in [0.05, 0.1) is 30.0 Å². The van der Waals surface area contributed by atoms with Gasteiger partial charge in [-0.3, -0.25) is 9.69 Å². The van der Waals surface area contributed by atoms with Gasteiger partial charge < -0.3 is 14.8 Å². The first-order chi connectivity index (χ1) is 13.1. The molecule has 0 unspecified atom stereocenters. The van der Waals surface area contributed by atoms with Gasteiger partial charge in [0.2, 0.25) is 0 Å². The molecule has 0 bridgehead atoms. The number of halogens is 1. The van der Waals surface area contributed by atoms with E-state index < -0.39 is 12.1 Å². The third-order valence-electron chi connectivity index (χ3n) is 4.34. The van der Waals surface area contributed by atoms with Crippen molar-refractivity contribution in [3.8, 4) is 0 Å². The van der Waals surface area contributed by atoms with Crippen LogP contribution in [-0.2, 0) is 20.8 Å². The van der Waals surface area contributed by atoms with Crippen molar-refractivity contribution in [1.82, 2.24) is 4.90 Å². The summed E-state index contributed by atoms with van der Waals surface area (Å²) in [6.45, 7) is 2.47. The Kier molecular flexibility index (Phi) is 6.45. The van der Waals surface area contributed by atoms with Crippen molar-refractivity contribution in [3.05, 3.63) is 64.7 Å². The SMILES string of the molecule is COC(=O)c1ccc(Cl)c(NC(=O)[C@H]2CN(Cc3ccccc3)CCO2)c1. The third kappa shape index (κ3) is 5.07. The number of nitrogens with one attached hydrogen (secondary N) is 1. The Morgan fingerprint density at radius 1 is 1.26 bits per heavy atom. The topological polar surface area (TPSA) is 67.9 Å². The lowest BCUT2D eigenvalue weighted by Crippen LogP contribution is -2.47. The van der Waals surface area contributed by atoms with E-state index in [9.17, 15) is 9.59 Å². The number of hydrogen-bond donors (Lipinski definition) is 1. The molecule has 0 aromatic heterocycles. The molecule has 6 nitrogen and oxygen atoms in total. The molecule has 0 saturated carbocycles. The van der Waals surface area contributed by atoms with Crippen LogP contribution in [0.4, 0.5) is 5.69 Å². The summed E-state index contributed by atoms with van der Waals surface area (Å²) in [6.07, 6.45) is -0.611. The Morgan fingerprint density at radius 2 is 2.04 bits per heavy atom. The van der Waals surface area contributed by atoms with Gasteiger partial charge in [0, 0.05) is 19.6 Å². The summed E-state index contributed by atoms with van der Waals surface area (Å²) in [4.78, 5) is 26.5. The van der Waals surface area contributed by atoms with Crippen LogP contribution < -0.4 is 5.32 Å². The molecule has 0 aliphatic carbocycles. The quantitative estimate of drug-likeness (QED) is 0.797. The summed E-state index contributed by atoms with van der Waals surface area (Å²) < 4.78 is 10.3. The van der Waals surface area contributed by atoms with Crippen LogP contribution in [0.2, 0.25) is 5.02 Å². The Hall–Kier alpha value is -2.41. The number of rotatable bonds is 5. The first-order valence-electron chi connectivity index (χ1n) is 8.63. The molecule has 27 heavy (non-hydrogen) atoms. The zero-order valence-electron chi connectivity index (χ0n) is 15.0. The largest absolute Gasteiger partial charge is 0.465 e. The monoisotopic (exact) mass is 388 g/mol. The van der Waals surface area contributed by atoms with Crippen molar-refractivity contribution in [2.45, 2.75) is 12.6 Å². The van der Waals surface area contributed by atoms with Gasteiger partial charge in [0.25, 0.3) is 5.91 Å². The van der Waals surface area contributed by atoms with Gasteiger partial charge in [-0.2, -0.15) is 0 Å². The lowest BCUT2D eigenvalue weighted by molar-refractivity contribution is -0.133. The first-order valence-corrected chi connectivity index (χ1v) is 9.01. The molecule has 1 saturated heterocycles. The van der Waals surface area contributed by atoms with Gasteiger partial charge in [-0.1, -0.05) is 41.9 Å². The van der Waals surface area contributed by atoms with Crippen molar-refractivity contribution in [2.75, 3.05) is 32.1 Å². The van der Waals surface area contributed by atoms with Gasteiger partial charge in [0.1, 0.15) is 6.10 Å². The number of morpholine rings is 1. The Labute approximate surface area is 163 Å². The molecular weight excluding hydrogens is 368 g/mol. The van der Waals surface area contributed by atoms with Gasteiger partial charge >= 0.3 is 5.97 Å². The molecule has 3 rings (SSSR count). The number of hydrogen-bond acceptors (Lipinski definition) is 5. The van der Waals surface area contributed by atoms with Crippen LogP contribution in [0.15, 0.2) is 48.5 Å². The highest BCUT2D eigenvalue weighted by Crippen LogP contribution is 2.24. The maximum absolute atomic E-state index is 12.6. The molecule has 0 spiro atoms. The van der Waals surface area contributed by atoms with Crippen molar-refractivity contribution >= 4 is 29.2 Å². The van der Waals surface area contributed by atoms with Crippen molar-refractivity contribution in [1.29, 1.82) is 0 Å². The van der Waals surface area contributed by atoms with Crippen LogP contribution in [0.1, 0.15) is 15.9 Å². The second-order valence-corrected chi connectivity index (χ2v) is 6.66. The number of nitrogens with zero attached hydrogens (tertiary/aromatic N) is 1. The van der Waals surface area contributed by atoms with E-state index in [4.69, 9.17) is 21.1 Å². The van der Waals surface area contributed by atoms with Crippen molar-refractivity contribution in [3.63, 3.8) is 0 Å². The Morgan fingerprint density at radius 3 is 2.78 bits per heavy atom. The summed E-state index contributed by atoms with van der Waals surface area (Å²) in [5, 5.41) is 3.09. The average molecular weight is 389 g/mol. The van der Waals surface area contributed by atoms with Crippen LogP contribution >= 0.6 is 11.6 Å². The van der Waals surface area contributed by atoms with Crippen molar-refractivity contribution < 1.29 is 19.1 Å². The number of carbonyl (C=O) groups is 2. The van der Waals surface area contributed by atoms with E-state index in [1.54, 1.807) is 12.1 Å². The molecule has 2 aromatic rings. The van der Waals surface area contributed by atoms with E-state index >= 15 is 0 Å². The Bertz CT molecular complexity index is 813. The van der Waals surface area contributed by atoms with E-state index in [-0.39, 0.29) is 5.91 Å². The van der Waals surface area contributed by atoms with Crippen LogP contribution in [0.3, 0.4) is 0 Å². The molecule has 1 aliphatic rings. The molecule has 142 valence electrons. The van der Waals surface area contributed by atoms with E-state index in [0.29, 0.717) is 29.4 Å². The normalized spacial score (nSPS) is 17.3. The maximum Gasteiger partial charge on any atom is 0.337 e. The minimum Gasteiger partial charge on any atom is -0.465 e. The maximum atomic E-state index is 12.6. The fourth-order valence-corrected chi connectivity index (χ4v) is 3.09. The summed E-state index contributed by atoms with van der Waals surface area (Å²) in [6, 6.07) is 14.7. The number of ether oxygens (including phenoxy) is 2. The summed E-state index contributed by atoms with van der Waals surface area (Å²) in [5.41, 5.74) is 1.85.